The maximum Gasteiger partial charge on any atom is 0.270 e. The molecule has 0 atom stereocenters. The van der Waals surface area contributed by atoms with E-state index >= 15 is 0 Å². The summed E-state index contributed by atoms with van der Waals surface area (Å²) in [4.78, 5) is 21.9. The summed E-state index contributed by atoms with van der Waals surface area (Å²) in [5.74, 6) is 0.966. The summed E-state index contributed by atoms with van der Waals surface area (Å²) in [7, 11) is 0. The normalized spacial score (nSPS) is 18.0. The van der Waals surface area contributed by atoms with E-state index in [1.165, 1.54) is 0 Å². The number of hydrogen-bond acceptors (Lipinski definition) is 4. The summed E-state index contributed by atoms with van der Waals surface area (Å²) >= 11 is 0. The second kappa shape index (κ2) is 8.35. The first-order valence-electron chi connectivity index (χ1n) is 11.3. The van der Waals surface area contributed by atoms with E-state index in [0.717, 1.165) is 60.5 Å². The van der Waals surface area contributed by atoms with Crippen LogP contribution in [0.4, 0.5) is 0 Å². The Morgan fingerprint density at radius 2 is 1.90 bits per heavy atom. The minimum atomic E-state index is 0.0663. The van der Waals surface area contributed by atoms with Crippen LogP contribution in [0.15, 0.2) is 48.7 Å². The first-order valence-corrected chi connectivity index (χ1v) is 11.3. The molecule has 0 unspecified atom stereocenters. The van der Waals surface area contributed by atoms with E-state index in [4.69, 9.17) is 4.74 Å². The summed E-state index contributed by atoms with van der Waals surface area (Å²) in [6.45, 7) is 8.72. The first kappa shape index (κ1) is 20.1. The highest BCUT2D eigenvalue weighted by Crippen LogP contribution is 2.29. The molecule has 5 rings (SSSR count). The molecule has 2 aliphatic heterocycles. The van der Waals surface area contributed by atoms with Crippen molar-refractivity contribution in [2.24, 2.45) is 0 Å². The quantitative estimate of drug-likeness (QED) is 0.630. The fraction of sp³-hybridized carbons (Fsp3) is 0.440. The molecule has 6 heteroatoms. The van der Waals surface area contributed by atoms with Gasteiger partial charge in [-0.2, -0.15) is 0 Å². The van der Waals surface area contributed by atoms with Gasteiger partial charge in [-0.3, -0.25) is 9.78 Å². The highest BCUT2D eigenvalue weighted by molar-refractivity contribution is 5.99. The standard InChI is InChI=1S/C25H30N4O2/c1-18(2)27-11-8-21(9-12-27)31-22-6-7-23-19(15-22)16-24-25(30)28(13-14-29(23)24)17-20-5-3-4-10-26-20/h3-7,10,15-16,18,21H,8-9,11-14,17H2,1-2H3. The van der Waals surface area contributed by atoms with Crippen LogP contribution in [-0.2, 0) is 13.1 Å². The van der Waals surface area contributed by atoms with Gasteiger partial charge >= 0.3 is 0 Å². The SMILES string of the molecule is CC(C)N1CCC(Oc2ccc3c(c2)cc2n3CCN(Cc3ccccn3)C2=O)CC1. The van der Waals surface area contributed by atoms with Gasteiger partial charge in [0.2, 0.25) is 0 Å². The van der Waals surface area contributed by atoms with E-state index in [9.17, 15) is 4.79 Å². The Hall–Kier alpha value is -2.86. The maximum atomic E-state index is 13.1. The van der Waals surface area contributed by atoms with Gasteiger partial charge in [-0.05, 0) is 63.1 Å². The van der Waals surface area contributed by atoms with Crippen molar-refractivity contribution < 1.29 is 9.53 Å². The van der Waals surface area contributed by atoms with E-state index in [-0.39, 0.29) is 12.0 Å². The lowest BCUT2D eigenvalue weighted by Crippen LogP contribution is -2.41. The third kappa shape index (κ3) is 4.04. The molecule has 162 valence electrons. The first-order chi connectivity index (χ1) is 15.1. The number of fused-ring (bicyclic) bond motifs is 3. The van der Waals surface area contributed by atoms with E-state index in [1.54, 1.807) is 6.20 Å². The molecule has 0 radical (unpaired) electrons. The van der Waals surface area contributed by atoms with Crippen LogP contribution in [0, 0.1) is 0 Å². The number of amides is 1. The molecule has 1 amide bonds. The smallest absolute Gasteiger partial charge is 0.270 e. The highest BCUT2D eigenvalue weighted by Gasteiger charge is 2.27. The molecule has 3 aromatic rings. The van der Waals surface area contributed by atoms with Gasteiger partial charge in [0.15, 0.2) is 0 Å². The van der Waals surface area contributed by atoms with Crippen LogP contribution in [0.2, 0.25) is 0 Å². The van der Waals surface area contributed by atoms with Crippen LogP contribution in [-0.4, -0.2) is 57.0 Å². The molecule has 0 saturated carbocycles. The Labute approximate surface area is 183 Å². The number of piperidine rings is 1. The molecule has 1 aromatic carbocycles. The van der Waals surface area contributed by atoms with Crippen molar-refractivity contribution in [1.29, 1.82) is 0 Å². The molecular weight excluding hydrogens is 388 g/mol. The Kier molecular flexibility index (Phi) is 5.40. The summed E-state index contributed by atoms with van der Waals surface area (Å²) in [5, 5.41) is 1.07. The number of hydrogen-bond donors (Lipinski definition) is 0. The average molecular weight is 419 g/mol. The summed E-state index contributed by atoms with van der Waals surface area (Å²) in [6, 6.07) is 14.7. The number of benzene rings is 1. The van der Waals surface area contributed by atoms with Crippen molar-refractivity contribution in [1.82, 2.24) is 19.4 Å². The van der Waals surface area contributed by atoms with Gasteiger partial charge in [0.05, 0.1) is 12.2 Å². The van der Waals surface area contributed by atoms with Crippen molar-refractivity contribution >= 4 is 16.8 Å². The van der Waals surface area contributed by atoms with E-state index in [0.29, 0.717) is 19.1 Å². The van der Waals surface area contributed by atoms with E-state index < -0.39 is 0 Å². The topological polar surface area (TPSA) is 50.6 Å². The summed E-state index contributed by atoms with van der Waals surface area (Å²) < 4.78 is 8.45. The molecule has 0 spiro atoms. The van der Waals surface area contributed by atoms with Gasteiger partial charge in [-0.1, -0.05) is 6.07 Å². The van der Waals surface area contributed by atoms with Gasteiger partial charge in [-0.25, -0.2) is 0 Å². The number of nitrogens with zero attached hydrogens (tertiary/aromatic N) is 4. The number of carbonyl (C=O) groups excluding carboxylic acids is 1. The largest absolute Gasteiger partial charge is 0.490 e. The maximum absolute atomic E-state index is 13.1. The fourth-order valence-corrected chi connectivity index (χ4v) is 4.77. The van der Waals surface area contributed by atoms with Crippen molar-refractivity contribution in [3.8, 4) is 5.75 Å². The van der Waals surface area contributed by atoms with Crippen molar-refractivity contribution in [2.75, 3.05) is 19.6 Å². The molecule has 2 aromatic heterocycles. The third-order valence-electron chi connectivity index (χ3n) is 6.56. The van der Waals surface area contributed by atoms with Crippen LogP contribution in [0.3, 0.4) is 0 Å². The highest BCUT2D eigenvalue weighted by atomic mass is 16.5. The minimum Gasteiger partial charge on any atom is -0.490 e. The minimum absolute atomic E-state index is 0.0663. The van der Waals surface area contributed by atoms with Gasteiger partial charge in [0.25, 0.3) is 5.91 Å². The van der Waals surface area contributed by atoms with E-state index in [1.807, 2.05) is 29.2 Å². The Balaban J connectivity index is 1.31. The van der Waals surface area contributed by atoms with Crippen LogP contribution >= 0.6 is 0 Å². The number of rotatable bonds is 5. The number of carbonyl (C=O) groups is 1. The fourth-order valence-electron chi connectivity index (χ4n) is 4.77. The Bertz CT molecular complexity index is 1070. The van der Waals surface area contributed by atoms with Crippen LogP contribution < -0.4 is 4.74 Å². The number of ether oxygens (including phenoxy) is 1. The molecule has 6 nitrogen and oxygen atoms in total. The second-order valence-corrected chi connectivity index (χ2v) is 8.90. The molecule has 4 heterocycles. The number of pyridine rings is 1. The predicted molar refractivity (Wildman–Crippen MR) is 121 cm³/mol. The number of likely N-dealkylation sites (tertiary alicyclic amines) is 1. The lowest BCUT2D eigenvalue weighted by Gasteiger charge is -2.34. The third-order valence-corrected chi connectivity index (χ3v) is 6.56. The lowest BCUT2D eigenvalue weighted by atomic mass is 10.1. The summed E-state index contributed by atoms with van der Waals surface area (Å²) in [6.07, 6.45) is 4.15. The molecule has 0 N–H and O–H groups in total. The monoisotopic (exact) mass is 418 g/mol. The zero-order valence-corrected chi connectivity index (χ0v) is 18.3. The molecular formula is C25H30N4O2. The molecule has 1 saturated heterocycles. The van der Waals surface area contributed by atoms with Gasteiger partial charge in [-0.15, -0.1) is 0 Å². The van der Waals surface area contributed by atoms with Crippen LogP contribution in [0.1, 0.15) is 42.9 Å². The van der Waals surface area contributed by atoms with Crippen LogP contribution in [0.25, 0.3) is 10.9 Å². The second-order valence-electron chi connectivity index (χ2n) is 8.90. The zero-order chi connectivity index (χ0) is 21.4. The zero-order valence-electron chi connectivity index (χ0n) is 18.3. The molecule has 31 heavy (non-hydrogen) atoms. The average Bonchev–Trinajstić information content (AvgIpc) is 3.15. The van der Waals surface area contributed by atoms with E-state index in [2.05, 4.69) is 46.5 Å². The van der Waals surface area contributed by atoms with Gasteiger partial charge in [0.1, 0.15) is 17.5 Å². The number of aromatic nitrogens is 2. The van der Waals surface area contributed by atoms with Crippen LogP contribution in [0.5, 0.6) is 5.75 Å². The Morgan fingerprint density at radius 1 is 1.06 bits per heavy atom. The van der Waals surface area contributed by atoms with Crippen molar-refractivity contribution in [3.05, 3.63) is 60.0 Å². The van der Waals surface area contributed by atoms with Crippen molar-refractivity contribution in [3.63, 3.8) is 0 Å². The Morgan fingerprint density at radius 3 is 2.65 bits per heavy atom. The molecule has 1 fully saturated rings. The molecule has 0 aliphatic carbocycles. The van der Waals surface area contributed by atoms with Crippen molar-refractivity contribution in [2.45, 2.75) is 51.9 Å². The predicted octanol–water partition coefficient (Wildman–Crippen LogP) is 3.94. The summed E-state index contributed by atoms with van der Waals surface area (Å²) in [5.41, 5.74) is 2.77. The van der Waals surface area contributed by atoms with Gasteiger partial charge < -0.3 is 19.1 Å². The molecule has 0 bridgehead atoms. The lowest BCUT2D eigenvalue weighted by molar-refractivity contribution is 0.0691. The van der Waals surface area contributed by atoms with Gasteiger partial charge in [0, 0.05) is 49.3 Å². The molecule has 2 aliphatic rings.